The lowest BCUT2D eigenvalue weighted by atomic mass is 9.89. The van der Waals surface area contributed by atoms with Crippen molar-refractivity contribution in [2.45, 2.75) is 30.5 Å². The first-order valence-corrected chi connectivity index (χ1v) is 8.47. The lowest BCUT2D eigenvalue weighted by Gasteiger charge is -2.18. The molecule has 0 radical (unpaired) electrons. The van der Waals surface area contributed by atoms with Gasteiger partial charge in [-0.25, -0.2) is 8.42 Å². The van der Waals surface area contributed by atoms with Gasteiger partial charge in [-0.3, -0.25) is 4.79 Å². The van der Waals surface area contributed by atoms with Gasteiger partial charge in [-0.15, -0.1) is 5.11 Å². The Bertz CT molecular complexity index is 884. The summed E-state index contributed by atoms with van der Waals surface area (Å²) in [5, 5.41) is 16.8. The number of sulfone groups is 1. The van der Waals surface area contributed by atoms with Crippen LogP contribution in [0.3, 0.4) is 0 Å². The number of carbonyl (C=O) groups excluding carboxylic acids is 1. The Kier molecular flexibility index (Phi) is 4.08. The van der Waals surface area contributed by atoms with Crippen LogP contribution in [0.5, 0.6) is 0 Å². The Morgan fingerprint density at radius 3 is 2.25 bits per heavy atom. The highest BCUT2D eigenvalue weighted by atomic mass is 32.2. The van der Waals surface area contributed by atoms with Crippen LogP contribution in [-0.2, 0) is 16.0 Å². The molecule has 130 valence electrons. The first-order valence-electron chi connectivity index (χ1n) is 6.58. The van der Waals surface area contributed by atoms with Gasteiger partial charge in [0.1, 0.15) is 5.54 Å². The molecule has 0 atom stereocenters. The van der Waals surface area contributed by atoms with Crippen LogP contribution in [0.2, 0.25) is 0 Å². The molecule has 0 unspecified atom stereocenters. The van der Waals surface area contributed by atoms with Gasteiger partial charge in [0.2, 0.25) is 5.88 Å². The van der Waals surface area contributed by atoms with Crippen molar-refractivity contribution in [1.29, 1.82) is 0 Å². The van der Waals surface area contributed by atoms with Crippen molar-refractivity contribution in [3.63, 3.8) is 0 Å². The average Bonchev–Trinajstić information content (AvgIpc) is 2.69. The predicted molar refractivity (Wildman–Crippen MR) is 77.5 cm³/mol. The van der Waals surface area contributed by atoms with Gasteiger partial charge in [0, 0.05) is 11.8 Å². The van der Waals surface area contributed by atoms with Crippen molar-refractivity contribution < 1.29 is 31.5 Å². The molecule has 0 aromatic heterocycles. The minimum Gasteiger partial charge on any atom is -0.492 e. The molecule has 0 fully saturated rings. The van der Waals surface area contributed by atoms with Gasteiger partial charge in [0.25, 0.3) is 0 Å². The van der Waals surface area contributed by atoms with Crippen LogP contribution < -0.4 is 0 Å². The Balaban J connectivity index is 2.68. The van der Waals surface area contributed by atoms with Crippen molar-refractivity contribution in [3.05, 3.63) is 40.8 Å². The van der Waals surface area contributed by atoms with Crippen LogP contribution in [-0.4, -0.2) is 31.1 Å². The molecular formula is C14H13F3N2O4S. The third kappa shape index (κ3) is 3.18. The number of carbonyl (C=O) groups is 1. The molecule has 0 spiro atoms. The van der Waals surface area contributed by atoms with Crippen LogP contribution in [0, 0.1) is 0 Å². The Labute approximate surface area is 135 Å². The number of hydrogen-bond acceptors (Lipinski definition) is 6. The van der Waals surface area contributed by atoms with Crippen molar-refractivity contribution in [1.82, 2.24) is 0 Å². The van der Waals surface area contributed by atoms with E-state index < -0.39 is 49.2 Å². The summed E-state index contributed by atoms with van der Waals surface area (Å²) in [6.07, 6.45) is -4.07. The number of benzene rings is 1. The van der Waals surface area contributed by atoms with Gasteiger partial charge in [0.05, 0.1) is 16.0 Å². The average molecular weight is 362 g/mol. The van der Waals surface area contributed by atoms with E-state index in [1.54, 1.807) is 0 Å². The maximum Gasteiger partial charge on any atom is 0.416 e. The molecule has 24 heavy (non-hydrogen) atoms. The first-order chi connectivity index (χ1) is 10.7. The lowest BCUT2D eigenvalue weighted by Crippen LogP contribution is -2.25. The highest BCUT2D eigenvalue weighted by Crippen LogP contribution is 2.36. The Morgan fingerprint density at radius 2 is 1.83 bits per heavy atom. The molecule has 10 heteroatoms. The molecule has 1 aliphatic rings. The van der Waals surface area contributed by atoms with Crippen molar-refractivity contribution in [2.75, 3.05) is 6.26 Å². The van der Waals surface area contributed by atoms with E-state index in [1.165, 1.54) is 13.8 Å². The second-order valence-corrected chi connectivity index (χ2v) is 7.75. The molecule has 1 aromatic carbocycles. The number of ketones is 1. The maximum atomic E-state index is 12.8. The third-order valence-corrected chi connectivity index (χ3v) is 4.55. The quantitative estimate of drug-likeness (QED) is 0.835. The molecule has 1 N–H and O–H groups in total. The van der Waals surface area contributed by atoms with E-state index in [0.717, 1.165) is 6.07 Å². The molecule has 2 rings (SSSR count). The Morgan fingerprint density at radius 1 is 1.25 bits per heavy atom. The van der Waals surface area contributed by atoms with Gasteiger partial charge in [-0.05, 0) is 32.0 Å². The zero-order chi connectivity index (χ0) is 18.5. The fourth-order valence-electron chi connectivity index (χ4n) is 2.25. The first kappa shape index (κ1) is 18.1. The van der Waals surface area contributed by atoms with E-state index in [4.69, 9.17) is 0 Å². The summed E-state index contributed by atoms with van der Waals surface area (Å²) in [7, 11) is -4.13. The monoisotopic (exact) mass is 362 g/mol. The van der Waals surface area contributed by atoms with Gasteiger partial charge in [-0.1, -0.05) is 0 Å². The topological polar surface area (TPSA) is 96.2 Å². The van der Waals surface area contributed by atoms with E-state index in [-0.39, 0.29) is 5.57 Å². The number of hydrogen-bond donors (Lipinski definition) is 1. The zero-order valence-electron chi connectivity index (χ0n) is 12.8. The summed E-state index contributed by atoms with van der Waals surface area (Å²) in [4.78, 5) is 11.8. The van der Waals surface area contributed by atoms with Crippen molar-refractivity contribution >= 4 is 15.6 Å². The molecule has 1 heterocycles. The fourth-order valence-corrected chi connectivity index (χ4v) is 3.15. The molecule has 6 nitrogen and oxygen atoms in total. The molecule has 1 aromatic rings. The van der Waals surface area contributed by atoms with Crippen LogP contribution >= 0.6 is 0 Å². The summed E-state index contributed by atoms with van der Waals surface area (Å²) in [5.41, 5.74) is -3.18. The minimum atomic E-state index is -4.76. The molecule has 0 bridgehead atoms. The van der Waals surface area contributed by atoms with Crippen molar-refractivity contribution in [2.24, 2.45) is 10.2 Å². The number of alkyl halides is 3. The van der Waals surface area contributed by atoms with E-state index in [9.17, 15) is 31.5 Å². The summed E-state index contributed by atoms with van der Waals surface area (Å²) < 4.78 is 62.1. The molecule has 1 aliphatic heterocycles. The summed E-state index contributed by atoms with van der Waals surface area (Å²) in [6.45, 7) is 2.91. The zero-order valence-corrected chi connectivity index (χ0v) is 13.7. The largest absolute Gasteiger partial charge is 0.492 e. The number of azo groups is 1. The fraction of sp³-hybridized carbons (Fsp3) is 0.357. The molecular weight excluding hydrogens is 349 g/mol. The SMILES string of the molecule is CC1(C)N=NC(O)=C1C(=O)c1ccc(C(F)(F)F)cc1S(C)(=O)=O. The predicted octanol–water partition coefficient (Wildman–Crippen LogP) is 3.31. The van der Waals surface area contributed by atoms with Crippen LogP contribution in [0.15, 0.2) is 44.8 Å². The number of halogens is 3. The number of aliphatic hydroxyl groups excluding tert-OH is 1. The van der Waals surface area contributed by atoms with Crippen molar-refractivity contribution in [3.8, 4) is 0 Å². The second-order valence-electron chi connectivity index (χ2n) is 5.77. The molecule has 0 amide bonds. The van der Waals surface area contributed by atoms with Gasteiger partial charge in [0.15, 0.2) is 15.6 Å². The highest BCUT2D eigenvalue weighted by molar-refractivity contribution is 7.90. The molecule has 0 aliphatic carbocycles. The van der Waals surface area contributed by atoms with Crippen LogP contribution in [0.1, 0.15) is 29.8 Å². The maximum absolute atomic E-state index is 12.8. The summed E-state index contributed by atoms with van der Waals surface area (Å²) >= 11 is 0. The minimum absolute atomic E-state index is 0.285. The second kappa shape index (κ2) is 5.40. The van der Waals surface area contributed by atoms with Gasteiger partial charge in [-0.2, -0.15) is 18.3 Å². The standard InChI is InChI=1S/C14H13F3N2O4S/c1-13(2)10(12(21)18-19-13)11(20)8-5-4-7(14(15,16)17)6-9(8)24(3,22)23/h4-6,21H,1-3H3. The molecule has 0 saturated carbocycles. The van der Waals surface area contributed by atoms with E-state index >= 15 is 0 Å². The highest BCUT2D eigenvalue weighted by Gasteiger charge is 2.40. The number of rotatable bonds is 3. The number of aliphatic hydroxyl groups is 1. The van der Waals surface area contributed by atoms with Crippen LogP contribution in [0.25, 0.3) is 0 Å². The molecule has 0 saturated heterocycles. The van der Waals surface area contributed by atoms with Gasteiger partial charge < -0.3 is 5.11 Å². The number of nitrogens with zero attached hydrogens (tertiary/aromatic N) is 2. The van der Waals surface area contributed by atoms with E-state index in [1.807, 2.05) is 0 Å². The summed E-state index contributed by atoms with van der Waals surface area (Å²) in [6, 6.07) is 1.78. The third-order valence-electron chi connectivity index (χ3n) is 3.41. The normalized spacial score (nSPS) is 17.4. The Hall–Kier alpha value is -2.23. The smallest absolute Gasteiger partial charge is 0.416 e. The van der Waals surface area contributed by atoms with Crippen LogP contribution in [0.4, 0.5) is 13.2 Å². The van der Waals surface area contributed by atoms with E-state index in [0.29, 0.717) is 18.4 Å². The number of Topliss-reactive ketones (excluding diaryl/α,β-unsaturated/α-hetero) is 1. The lowest BCUT2D eigenvalue weighted by molar-refractivity contribution is -0.137. The van der Waals surface area contributed by atoms with Gasteiger partial charge >= 0.3 is 6.18 Å². The summed E-state index contributed by atoms with van der Waals surface area (Å²) in [5.74, 6) is -1.64. The van der Waals surface area contributed by atoms with E-state index in [2.05, 4.69) is 10.2 Å².